The first-order valence-corrected chi connectivity index (χ1v) is 9.31. The van der Waals surface area contributed by atoms with Gasteiger partial charge in [0.15, 0.2) is 4.96 Å². The molecular formula is C21H19N3OS. The van der Waals surface area contributed by atoms with Gasteiger partial charge in [-0.2, -0.15) is 0 Å². The largest absolute Gasteiger partial charge is 0.347 e. The minimum atomic E-state index is -0.0586. The summed E-state index contributed by atoms with van der Waals surface area (Å²) in [5, 5.41) is 3.00. The molecule has 4 rings (SSSR count). The van der Waals surface area contributed by atoms with Crippen LogP contribution in [0, 0.1) is 13.8 Å². The van der Waals surface area contributed by atoms with Gasteiger partial charge in [-0.3, -0.25) is 9.20 Å². The maximum Gasteiger partial charge on any atom is 0.263 e. The zero-order chi connectivity index (χ0) is 18.1. The zero-order valence-electron chi connectivity index (χ0n) is 14.7. The van der Waals surface area contributed by atoms with Crippen LogP contribution in [0.2, 0.25) is 0 Å². The molecule has 0 saturated heterocycles. The summed E-state index contributed by atoms with van der Waals surface area (Å²) >= 11 is 1.43. The molecule has 5 heteroatoms. The Kier molecular flexibility index (Phi) is 4.31. The van der Waals surface area contributed by atoms with Crippen molar-refractivity contribution >= 4 is 22.2 Å². The first kappa shape index (κ1) is 16.5. The number of hydrogen-bond donors (Lipinski definition) is 1. The average Bonchev–Trinajstić information content (AvgIpc) is 3.22. The van der Waals surface area contributed by atoms with E-state index in [4.69, 9.17) is 0 Å². The predicted molar refractivity (Wildman–Crippen MR) is 106 cm³/mol. The van der Waals surface area contributed by atoms with Crippen LogP contribution in [0.15, 0.2) is 60.8 Å². The Balaban J connectivity index is 1.63. The van der Waals surface area contributed by atoms with Gasteiger partial charge >= 0.3 is 0 Å². The van der Waals surface area contributed by atoms with Crippen molar-refractivity contribution in [1.29, 1.82) is 0 Å². The van der Waals surface area contributed by atoms with Gasteiger partial charge in [-0.1, -0.05) is 71.5 Å². The van der Waals surface area contributed by atoms with E-state index in [1.165, 1.54) is 16.9 Å². The summed E-state index contributed by atoms with van der Waals surface area (Å²) in [6.45, 7) is 4.56. The van der Waals surface area contributed by atoms with E-state index >= 15 is 0 Å². The lowest BCUT2D eigenvalue weighted by Gasteiger charge is -2.06. The number of aryl methyl sites for hydroxylation is 2. The normalized spacial score (nSPS) is 11.0. The van der Waals surface area contributed by atoms with Crippen LogP contribution in [0.3, 0.4) is 0 Å². The lowest BCUT2D eigenvalue weighted by atomic mass is 10.1. The highest BCUT2D eigenvalue weighted by Gasteiger charge is 2.19. The standard InChI is InChI=1S/C21H19N3OS/c1-14-8-10-17(11-9-14)18-13-23-21-24(18)15(2)19(26-21)20(25)22-12-16-6-4-3-5-7-16/h3-11,13H,12H2,1-2H3,(H,22,25). The van der Waals surface area contributed by atoms with Gasteiger partial charge in [-0.15, -0.1) is 0 Å². The molecule has 0 saturated carbocycles. The van der Waals surface area contributed by atoms with Crippen LogP contribution in [0.1, 0.15) is 26.5 Å². The number of rotatable bonds is 4. The number of amides is 1. The summed E-state index contributed by atoms with van der Waals surface area (Å²) in [5.41, 5.74) is 5.33. The van der Waals surface area contributed by atoms with Gasteiger partial charge < -0.3 is 5.32 Å². The number of fused-ring (bicyclic) bond motifs is 1. The number of carbonyl (C=O) groups excluding carboxylic acids is 1. The molecule has 0 radical (unpaired) electrons. The van der Waals surface area contributed by atoms with E-state index in [1.54, 1.807) is 0 Å². The van der Waals surface area contributed by atoms with E-state index in [9.17, 15) is 4.79 Å². The zero-order valence-corrected chi connectivity index (χ0v) is 15.5. The molecule has 0 aliphatic heterocycles. The molecule has 0 fully saturated rings. The summed E-state index contributed by atoms with van der Waals surface area (Å²) in [4.78, 5) is 18.7. The molecule has 4 aromatic rings. The van der Waals surface area contributed by atoms with Crippen molar-refractivity contribution in [3.05, 3.63) is 82.5 Å². The highest BCUT2D eigenvalue weighted by molar-refractivity contribution is 7.19. The third-order valence-corrected chi connectivity index (χ3v) is 5.59. The number of hydrogen-bond acceptors (Lipinski definition) is 3. The Morgan fingerprint density at radius 1 is 1.08 bits per heavy atom. The second-order valence-corrected chi connectivity index (χ2v) is 7.29. The molecule has 2 aromatic carbocycles. The lowest BCUT2D eigenvalue weighted by molar-refractivity contribution is 0.0954. The maximum absolute atomic E-state index is 12.7. The molecule has 2 heterocycles. The third-order valence-electron chi connectivity index (χ3n) is 4.44. The number of imidazole rings is 1. The average molecular weight is 361 g/mol. The summed E-state index contributed by atoms with van der Waals surface area (Å²) in [6, 6.07) is 18.3. The highest BCUT2D eigenvalue weighted by Crippen LogP contribution is 2.29. The van der Waals surface area contributed by atoms with Crippen LogP contribution in [0.25, 0.3) is 16.2 Å². The third kappa shape index (κ3) is 3.02. The Morgan fingerprint density at radius 3 is 2.54 bits per heavy atom. The minimum Gasteiger partial charge on any atom is -0.347 e. The van der Waals surface area contributed by atoms with Gasteiger partial charge in [-0.25, -0.2) is 4.98 Å². The van der Waals surface area contributed by atoms with Gasteiger partial charge in [0.25, 0.3) is 5.91 Å². The fourth-order valence-corrected chi connectivity index (χ4v) is 4.01. The molecule has 0 aliphatic rings. The van der Waals surface area contributed by atoms with E-state index in [1.807, 2.05) is 43.5 Å². The van der Waals surface area contributed by atoms with E-state index in [0.717, 1.165) is 27.5 Å². The SMILES string of the molecule is Cc1ccc(-c2cnc3sc(C(=O)NCc4ccccc4)c(C)n23)cc1. The molecule has 2 aromatic heterocycles. The van der Waals surface area contributed by atoms with Crippen LogP contribution in [0.4, 0.5) is 0 Å². The van der Waals surface area contributed by atoms with Crippen molar-refractivity contribution in [2.45, 2.75) is 20.4 Å². The Labute approximate surface area is 156 Å². The predicted octanol–water partition coefficient (Wildman–Crippen LogP) is 4.61. The second-order valence-electron chi connectivity index (χ2n) is 6.31. The molecule has 1 N–H and O–H groups in total. The molecule has 0 spiro atoms. The number of thiazole rings is 1. The van der Waals surface area contributed by atoms with E-state index in [0.29, 0.717) is 11.4 Å². The Hall–Kier alpha value is -2.92. The smallest absolute Gasteiger partial charge is 0.263 e. The summed E-state index contributed by atoms with van der Waals surface area (Å²) in [7, 11) is 0. The van der Waals surface area contributed by atoms with Crippen molar-refractivity contribution < 1.29 is 4.79 Å². The summed E-state index contributed by atoms with van der Waals surface area (Å²) in [6.07, 6.45) is 1.87. The highest BCUT2D eigenvalue weighted by atomic mass is 32.1. The molecule has 26 heavy (non-hydrogen) atoms. The van der Waals surface area contributed by atoms with Gasteiger partial charge in [-0.05, 0) is 19.4 Å². The molecule has 0 unspecified atom stereocenters. The molecule has 0 aliphatic carbocycles. The van der Waals surface area contributed by atoms with Crippen LogP contribution < -0.4 is 5.32 Å². The number of aromatic nitrogens is 2. The lowest BCUT2D eigenvalue weighted by Crippen LogP contribution is -2.22. The number of carbonyl (C=O) groups is 1. The molecule has 1 amide bonds. The van der Waals surface area contributed by atoms with E-state index in [-0.39, 0.29) is 5.91 Å². The van der Waals surface area contributed by atoms with Crippen molar-refractivity contribution in [3.8, 4) is 11.3 Å². The molecular weight excluding hydrogens is 342 g/mol. The summed E-state index contributed by atoms with van der Waals surface area (Å²) < 4.78 is 2.06. The van der Waals surface area contributed by atoms with Gasteiger partial charge in [0.05, 0.1) is 11.9 Å². The van der Waals surface area contributed by atoms with Gasteiger partial charge in [0.2, 0.25) is 0 Å². The maximum atomic E-state index is 12.7. The first-order chi connectivity index (χ1) is 12.6. The van der Waals surface area contributed by atoms with Gasteiger partial charge in [0.1, 0.15) is 4.88 Å². The van der Waals surface area contributed by atoms with Crippen LogP contribution in [-0.4, -0.2) is 15.3 Å². The molecule has 4 nitrogen and oxygen atoms in total. The molecule has 0 bridgehead atoms. The number of benzene rings is 2. The summed E-state index contributed by atoms with van der Waals surface area (Å²) in [5.74, 6) is -0.0586. The number of nitrogens with one attached hydrogen (secondary N) is 1. The van der Waals surface area contributed by atoms with Crippen LogP contribution >= 0.6 is 11.3 Å². The van der Waals surface area contributed by atoms with Crippen molar-refractivity contribution in [2.24, 2.45) is 0 Å². The van der Waals surface area contributed by atoms with Crippen molar-refractivity contribution in [2.75, 3.05) is 0 Å². The Bertz CT molecular complexity index is 1060. The Morgan fingerprint density at radius 2 is 1.81 bits per heavy atom. The number of nitrogens with zero attached hydrogens (tertiary/aromatic N) is 2. The molecule has 130 valence electrons. The van der Waals surface area contributed by atoms with Crippen molar-refractivity contribution in [3.63, 3.8) is 0 Å². The van der Waals surface area contributed by atoms with Gasteiger partial charge in [0, 0.05) is 17.8 Å². The fourth-order valence-electron chi connectivity index (χ4n) is 2.99. The van der Waals surface area contributed by atoms with E-state index in [2.05, 4.69) is 45.9 Å². The quantitative estimate of drug-likeness (QED) is 0.577. The second kappa shape index (κ2) is 6.77. The van der Waals surface area contributed by atoms with Crippen molar-refractivity contribution in [1.82, 2.24) is 14.7 Å². The fraction of sp³-hybridized carbons (Fsp3) is 0.143. The van der Waals surface area contributed by atoms with Crippen LogP contribution in [0.5, 0.6) is 0 Å². The minimum absolute atomic E-state index is 0.0586. The molecule has 0 atom stereocenters. The first-order valence-electron chi connectivity index (χ1n) is 8.49. The monoisotopic (exact) mass is 361 g/mol. The van der Waals surface area contributed by atoms with Crippen LogP contribution in [-0.2, 0) is 6.54 Å². The van der Waals surface area contributed by atoms with E-state index < -0.39 is 0 Å². The topological polar surface area (TPSA) is 46.4 Å².